The summed E-state index contributed by atoms with van der Waals surface area (Å²) in [5, 5.41) is 8.89. The molecule has 0 unspecified atom stereocenters. The van der Waals surface area contributed by atoms with Crippen LogP contribution in [0.25, 0.3) is 0 Å². The molecule has 0 aliphatic rings. The third-order valence-electron chi connectivity index (χ3n) is 2.48. The number of aryl methyl sites for hydroxylation is 1. The van der Waals surface area contributed by atoms with Crippen LogP contribution in [0.1, 0.15) is 15.9 Å². The molecule has 0 atom stereocenters. The molecule has 4 heteroatoms. The zero-order chi connectivity index (χ0) is 13.1. The molecule has 1 N–H and O–H groups in total. The van der Waals surface area contributed by atoms with E-state index in [2.05, 4.69) is 15.9 Å². The van der Waals surface area contributed by atoms with Gasteiger partial charge in [0.1, 0.15) is 11.5 Å². The Balaban J connectivity index is 2.30. The average Bonchev–Trinajstić information content (AvgIpc) is 2.34. The van der Waals surface area contributed by atoms with Crippen molar-refractivity contribution in [1.82, 2.24) is 0 Å². The summed E-state index contributed by atoms with van der Waals surface area (Å²) in [7, 11) is 0. The van der Waals surface area contributed by atoms with E-state index in [4.69, 9.17) is 9.84 Å². The normalized spacial score (nSPS) is 10.1. The zero-order valence-corrected chi connectivity index (χ0v) is 11.3. The van der Waals surface area contributed by atoms with Crippen LogP contribution in [0, 0.1) is 6.92 Å². The highest BCUT2D eigenvalue weighted by molar-refractivity contribution is 9.10. The van der Waals surface area contributed by atoms with E-state index < -0.39 is 5.97 Å². The predicted molar refractivity (Wildman–Crippen MR) is 72.4 cm³/mol. The number of halogens is 1. The van der Waals surface area contributed by atoms with Gasteiger partial charge in [-0.1, -0.05) is 12.1 Å². The number of carbonyl (C=O) groups is 1. The van der Waals surface area contributed by atoms with Crippen molar-refractivity contribution in [2.24, 2.45) is 0 Å². The number of aromatic carboxylic acids is 1. The van der Waals surface area contributed by atoms with Gasteiger partial charge in [0.25, 0.3) is 0 Å². The van der Waals surface area contributed by atoms with Gasteiger partial charge in [-0.25, -0.2) is 4.79 Å². The van der Waals surface area contributed by atoms with Gasteiger partial charge >= 0.3 is 5.97 Å². The molecular weight excluding hydrogens is 296 g/mol. The van der Waals surface area contributed by atoms with E-state index in [0.717, 1.165) is 10.0 Å². The highest BCUT2D eigenvalue weighted by atomic mass is 79.9. The molecule has 0 aromatic heterocycles. The number of rotatable bonds is 3. The van der Waals surface area contributed by atoms with Gasteiger partial charge in [0, 0.05) is 0 Å². The van der Waals surface area contributed by atoms with Crippen molar-refractivity contribution >= 4 is 21.9 Å². The molecule has 18 heavy (non-hydrogen) atoms. The highest BCUT2D eigenvalue weighted by Gasteiger charge is 2.08. The number of hydrogen-bond acceptors (Lipinski definition) is 2. The maximum Gasteiger partial charge on any atom is 0.335 e. The zero-order valence-electron chi connectivity index (χ0n) is 9.68. The Morgan fingerprint density at radius 3 is 2.50 bits per heavy atom. The Hall–Kier alpha value is -1.81. The molecule has 3 nitrogen and oxygen atoms in total. The van der Waals surface area contributed by atoms with Gasteiger partial charge in [-0.2, -0.15) is 0 Å². The van der Waals surface area contributed by atoms with Crippen molar-refractivity contribution in [1.29, 1.82) is 0 Å². The topological polar surface area (TPSA) is 46.5 Å². The standard InChI is InChI=1S/C14H11BrO3/c1-9-8-10(14(16)17)6-7-12(9)18-13-5-3-2-4-11(13)15/h2-8H,1H3,(H,16,17). The van der Waals surface area contributed by atoms with Crippen molar-refractivity contribution in [2.75, 3.05) is 0 Å². The van der Waals surface area contributed by atoms with Crippen LogP contribution in [-0.4, -0.2) is 11.1 Å². The summed E-state index contributed by atoms with van der Waals surface area (Å²) < 4.78 is 6.59. The van der Waals surface area contributed by atoms with Crippen molar-refractivity contribution < 1.29 is 14.6 Å². The van der Waals surface area contributed by atoms with Crippen molar-refractivity contribution in [3.63, 3.8) is 0 Å². The van der Waals surface area contributed by atoms with Crippen LogP contribution >= 0.6 is 15.9 Å². The first-order chi connectivity index (χ1) is 8.58. The molecule has 0 radical (unpaired) electrons. The Morgan fingerprint density at radius 2 is 1.89 bits per heavy atom. The SMILES string of the molecule is Cc1cc(C(=O)O)ccc1Oc1ccccc1Br. The molecule has 0 amide bonds. The minimum Gasteiger partial charge on any atom is -0.478 e. The molecule has 0 spiro atoms. The maximum absolute atomic E-state index is 10.8. The van der Waals surface area contributed by atoms with E-state index in [0.29, 0.717) is 11.5 Å². The second-order valence-electron chi connectivity index (χ2n) is 3.82. The van der Waals surface area contributed by atoms with E-state index in [1.165, 1.54) is 6.07 Å². The van der Waals surface area contributed by atoms with Gasteiger partial charge < -0.3 is 9.84 Å². The van der Waals surface area contributed by atoms with Crippen LogP contribution in [0.3, 0.4) is 0 Å². The minimum absolute atomic E-state index is 0.256. The maximum atomic E-state index is 10.8. The fourth-order valence-corrected chi connectivity index (χ4v) is 1.91. The third kappa shape index (κ3) is 2.71. The number of carboxylic acids is 1. The number of carboxylic acid groups (broad SMARTS) is 1. The predicted octanol–water partition coefficient (Wildman–Crippen LogP) is 4.25. The van der Waals surface area contributed by atoms with E-state index in [1.807, 2.05) is 31.2 Å². The van der Waals surface area contributed by atoms with Crippen LogP contribution in [-0.2, 0) is 0 Å². The third-order valence-corrected chi connectivity index (χ3v) is 3.13. The summed E-state index contributed by atoms with van der Waals surface area (Å²) in [5.74, 6) is 0.404. The van der Waals surface area contributed by atoms with Gasteiger partial charge in [0.05, 0.1) is 10.0 Å². The smallest absolute Gasteiger partial charge is 0.335 e. The molecule has 0 saturated carbocycles. The molecular formula is C14H11BrO3. The lowest BCUT2D eigenvalue weighted by Gasteiger charge is -2.10. The molecule has 2 aromatic rings. The molecule has 2 aromatic carbocycles. The monoisotopic (exact) mass is 306 g/mol. The second kappa shape index (κ2) is 5.23. The molecule has 0 aliphatic heterocycles. The van der Waals surface area contributed by atoms with Crippen molar-refractivity contribution in [3.05, 3.63) is 58.1 Å². The van der Waals surface area contributed by atoms with Gasteiger partial charge in [-0.15, -0.1) is 0 Å². The number of hydrogen-bond donors (Lipinski definition) is 1. The summed E-state index contributed by atoms with van der Waals surface area (Å²) in [4.78, 5) is 10.8. The fraction of sp³-hybridized carbons (Fsp3) is 0.0714. The van der Waals surface area contributed by atoms with Crippen LogP contribution in [0.2, 0.25) is 0 Å². The summed E-state index contributed by atoms with van der Waals surface area (Å²) in [6.45, 7) is 1.82. The molecule has 92 valence electrons. The number of para-hydroxylation sites is 1. The Bertz CT molecular complexity index is 593. The van der Waals surface area contributed by atoms with Gasteiger partial charge in [0.15, 0.2) is 0 Å². The minimum atomic E-state index is -0.939. The second-order valence-corrected chi connectivity index (χ2v) is 4.67. The summed E-state index contributed by atoms with van der Waals surface area (Å²) in [5.41, 5.74) is 1.04. The van der Waals surface area contributed by atoms with Crippen LogP contribution in [0.15, 0.2) is 46.9 Å². The first-order valence-electron chi connectivity index (χ1n) is 5.34. The molecule has 0 heterocycles. The van der Waals surface area contributed by atoms with Crippen LogP contribution < -0.4 is 4.74 Å². The van der Waals surface area contributed by atoms with Crippen molar-refractivity contribution in [3.8, 4) is 11.5 Å². The lowest BCUT2D eigenvalue weighted by molar-refractivity contribution is 0.0697. The largest absolute Gasteiger partial charge is 0.478 e. The molecule has 2 rings (SSSR count). The van der Waals surface area contributed by atoms with Gasteiger partial charge in [-0.3, -0.25) is 0 Å². The van der Waals surface area contributed by atoms with Crippen LogP contribution in [0.5, 0.6) is 11.5 Å². The number of benzene rings is 2. The first-order valence-corrected chi connectivity index (χ1v) is 6.13. The quantitative estimate of drug-likeness (QED) is 0.922. The van der Waals surface area contributed by atoms with Crippen molar-refractivity contribution in [2.45, 2.75) is 6.92 Å². The molecule has 0 saturated heterocycles. The van der Waals surface area contributed by atoms with E-state index in [9.17, 15) is 4.79 Å². The number of ether oxygens (including phenoxy) is 1. The van der Waals surface area contributed by atoms with Crippen LogP contribution in [0.4, 0.5) is 0 Å². The lowest BCUT2D eigenvalue weighted by Crippen LogP contribution is -1.97. The highest BCUT2D eigenvalue weighted by Crippen LogP contribution is 2.31. The van der Waals surface area contributed by atoms with E-state index >= 15 is 0 Å². The summed E-state index contributed by atoms with van der Waals surface area (Å²) in [6, 6.07) is 12.3. The Kier molecular flexibility index (Phi) is 3.67. The summed E-state index contributed by atoms with van der Waals surface area (Å²) >= 11 is 3.40. The lowest BCUT2D eigenvalue weighted by atomic mass is 10.1. The molecule has 0 fully saturated rings. The first kappa shape index (κ1) is 12.6. The molecule has 0 aliphatic carbocycles. The summed E-state index contributed by atoms with van der Waals surface area (Å²) in [6.07, 6.45) is 0. The van der Waals surface area contributed by atoms with E-state index in [1.54, 1.807) is 12.1 Å². The average molecular weight is 307 g/mol. The Morgan fingerprint density at radius 1 is 1.17 bits per heavy atom. The van der Waals surface area contributed by atoms with Gasteiger partial charge in [-0.05, 0) is 58.7 Å². The fourth-order valence-electron chi connectivity index (χ4n) is 1.54. The Labute approximate surface area is 113 Å². The van der Waals surface area contributed by atoms with E-state index in [-0.39, 0.29) is 5.56 Å². The molecule has 0 bridgehead atoms. The van der Waals surface area contributed by atoms with Gasteiger partial charge in [0.2, 0.25) is 0 Å².